The Kier molecular flexibility index (Phi) is 7.60. The molecule has 2 fully saturated rings. The van der Waals surface area contributed by atoms with E-state index >= 15 is 0 Å². The van der Waals surface area contributed by atoms with E-state index in [1.54, 1.807) is 38.1 Å². The van der Waals surface area contributed by atoms with Crippen LogP contribution in [0.1, 0.15) is 31.3 Å². The monoisotopic (exact) mass is 551 g/mol. The molecule has 2 aliphatic heterocycles. The fourth-order valence-electron chi connectivity index (χ4n) is 4.60. The lowest BCUT2D eigenvalue weighted by Gasteiger charge is -2.31. The summed E-state index contributed by atoms with van der Waals surface area (Å²) in [6.07, 6.45) is -2.37. The van der Waals surface area contributed by atoms with Crippen molar-refractivity contribution in [3.63, 3.8) is 0 Å². The predicted molar refractivity (Wildman–Crippen MR) is 142 cm³/mol. The van der Waals surface area contributed by atoms with E-state index in [9.17, 15) is 18.3 Å². The largest absolute Gasteiger partial charge is 0.443 e. The van der Waals surface area contributed by atoms with Crippen LogP contribution >= 0.6 is 0 Å². The molecule has 2 unspecified atom stereocenters. The molecule has 0 bridgehead atoms. The molecule has 4 N–H and O–H groups in total. The van der Waals surface area contributed by atoms with Crippen LogP contribution in [0.15, 0.2) is 59.4 Å². The fraction of sp³-hybridized carbons (Fsp3) is 0.519. The van der Waals surface area contributed by atoms with Crippen LogP contribution < -0.4 is 11.1 Å². The maximum Gasteiger partial charge on any atom is 0.407 e. The van der Waals surface area contributed by atoms with E-state index in [-0.39, 0.29) is 31.4 Å². The number of nitrogens with two attached hydrogens (primary N) is 1. The first-order valence-electron chi connectivity index (χ1n) is 14.6. The number of aliphatic hydroxyl groups is 1. The summed E-state index contributed by atoms with van der Waals surface area (Å²) in [6, 6.07) is 5.10. The van der Waals surface area contributed by atoms with Gasteiger partial charge in [0.1, 0.15) is 6.10 Å². The van der Waals surface area contributed by atoms with E-state index in [2.05, 4.69) is 5.32 Å². The van der Waals surface area contributed by atoms with Gasteiger partial charge in [0.25, 0.3) is 0 Å². The number of fused-ring (bicyclic) bond motifs is 1. The van der Waals surface area contributed by atoms with Gasteiger partial charge in [0.05, 0.1) is 41.7 Å². The lowest BCUT2D eigenvalue weighted by molar-refractivity contribution is -0.0907. The van der Waals surface area contributed by atoms with Crippen LogP contribution in [0.2, 0.25) is 0 Å². The smallest absolute Gasteiger partial charge is 0.407 e. The molecule has 5 atom stereocenters. The SMILES string of the molecule is [2H]c1c([2H])c(S(=O)(=O)N(CC(C)C)C[C@@H](O)[C@@H](Cc2ccccc2)NC(=O)O[C@H]2COC3OCCC32)c([2H])c([2H])c1N. The zero-order valence-corrected chi connectivity index (χ0v) is 22.2. The second-order valence-electron chi connectivity index (χ2n) is 9.94. The molecule has 208 valence electrons. The number of ether oxygens (including phenoxy) is 3. The first kappa shape index (κ1) is 23.2. The van der Waals surface area contributed by atoms with Gasteiger partial charge in [-0.15, -0.1) is 0 Å². The molecular formula is C27H37N3O7S. The Morgan fingerprint density at radius 1 is 1.21 bits per heavy atom. The molecule has 10 nitrogen and oxygen atoms in total. The number of hydrogen-bond acceptors (Lipinski definition) is 8. The predicted octanol–water partition coefficient (Wildman–Crippen LogP) is 2.38. The van der Waals surface area contributed by atoms with Gasteiger partial charge in [-0.1, -0.05) is 44.2 Å². The van der Waals surface area contributed by atoms with Gasteiger partial charge in [-0.3, -0.25) is 0 Å². The molecule has 2 aromatic carbocycles. The third-order valence-corrected chi connectivity index (χ3v) is 8.19. The molecule has 2 aromatic rings. The Balaban J connectivity index is 1.60. The van der Waals surface area contributed by atoms with Gasteiger partial charge in [-0.25, -0.2) is 13.2 Å². The molecular weight excluding hydrogens is 510 g/mol. The second-order valence-corrected chi connectivity index (χ2v) is 11.8. The van der Waals surface area contributed by atoms with Gasteiger partial charge in [0.15, 0.2) is 6.29 Å². The third-order valence-electron chi connectivity index (χ3n) is 6.49. The summed E-state index contributed by atoms with van der Waals surface area (Å²) in [7, 11) is -4.65. The molecule has 0 aromatic heterocycles. The van der Waals surface area contributed by atoms with Crippen molar-refractivity contribution in [2.45, 2.75) is 56.1 Å². The summed E-state index contributed by atoms with van der Waals surface area (Å²) in [6.45, 7) is 3.59. The Morgan fingerprint density at radius 3 is 2.61 bits per heavy atom. The number of sulfonamides is 1. The van der Waals surface area contributed by atoms with Gasteiger partial charge >= 0.3 is 6.09 Å². The number of aliphatic hydroxyl groups excluding tert-OH is 1. The van der Waals surface area contributed by atoms with Crippen molar-refractivity contribution in [1.29, 1.82) is 0 Å². The van der Waals surface area contributed by atoms with Crippen molar-refractivity contribution in [2.75, 3.05) is 32.0 Å². The first-order valence-corrected chi connectivity index (χ1v) is 14.0. The van der Waals surface area contributed by atoms with Crippen LogP contribution in [0.5, 0.6) is 0 Å². The average Bonchev–Trinajstić information content (AvgIpc) is 3.55. The topological polar surface area (TPSA) is 140 Å². The zero-order valence-electron chi connectivity index (χ0n) is 25.4. The zero-order chi connectivity index (χ0) is 30.8. The normalized spacial score (nSPS) is 24.3. The molecule has 38 heavy (non-hydrogen) atoms. The average molecular weight is 552 g/mol. The third kappa shape index (κ3) is 7.03. The number of amides is 1. The van der Waals surface area contributed by atoms with Crippen LogP contribution in [-0.2, 0) is 30.7 Å². The van der Waals surface area contributed by atoms with Gasteiger partial charge in [0.2, 0.25) is 10.0 Å². The molecule has 0 spiro atoms. The van der Waals surface area contributed by atoms with Gasteiger partial charge in [-0.05, 0) is 48.5 Å². The molecule has 0 radical (unpaired) electrons. The number of nitrogens with zero attached hydrogens (tertiary/aromatic N) is 1. The van der Waals surface area contributed by atoms with Crippen molar-refractivity contribution in [3.8, 4) is 0 Å². The van der Waals surface area contributed by atoms with Crippen LogP contribution in [-0.4, -0.2) is 74.8 Å². The van der Waals surface area contributed by atoms with Crippen LogP contribution in [0.25, 0.3) is 0 Å². The number of alkyl carbamates (subject to hydrolysis) is 1. The minimum absolute atomic E-state index is 0.0955. The van der Waals surface area contributed by atoms with Crippen molar-refractivity contribution in [3.05, 3.63) is 60.1 Å². The summed E-state index contributed by atoms with van der Waals surface area (Å²) in [5.74, 6) is -0.327. The van der Waals surface area contributed by atoms with E-state index in [1.165, 1.54) is 0 Å². The number of anilines is 1. The quantitative estimate of drug-likeness (QED) is 0.362. The summed E-state index contributed by atoms with van der Waals surface area (Å²) in [4.78, 5) is 12.2. The summed E-state index contributed by atoms with van der Waals surface area (Å²) in [5.41, 5.74) is 5.95. The number of hydrogen-bond donors (Lipinski definition) is 3. The van der Waals surface area contributed by atoms with Crippen LogP contribution in [0.4, 0.5) is 10.5 Å². The Bertz CT molecular complexity index is 1350. The van der Waals surface area contributed by atoms with E-state index in [0.717, 1.165) is 9.87 Å². The molecule has 4 rings (SSSR count). The van der Waals surface area contributed by atoms with Crippen molar-refractivity contribution >= 4 is 21.8 Å². The number of carbonyl (C=O) groups is 1. The minimum Gasteiger partial charge on any atom is -0.443 e. The molecule has 1 amide bonds. The summed E-state index contributed by atoms with van der Waals surface area (Å²) >= 11 is 0. The van der Waals surface area contributed by atoms with Crippen molar-refractivity contribution < 1.29 is 38.0 Å². The highest BCUT2D eigenvalue weighted by Gasteiger charge is 2.44. The van der Waals surface area contributed by atoms with Crippen LogP contribution in [0.3, 0.4) is 0 Å². The fourth-order valence-corrected chi connectivity index (χ4v) is 6.07. The molecule has 2 aliphatic rings. The number of carbonyl (C=O) groups excluding carboxylic acids is 1. The lowest BCUT2D eigenvalue weighted by Crippen LogP contribution is -2.51. The van der Waals surface area contributed by atoms with E-state index in [1.807, 2.05) is 6.07 Å². The van der Waals surface area contributed by atoms with Gasteiger partial charge in [-0.2, -0.15) is 4.31 Å². The van der Waals surface area contributed by atoms with E-state index in [0.29, 0.717) is 13.0 Å². The maximum atomic E-state index is 13.8. The molecule has 0 aliphatic carbocycles. The summed E-state index contributed by atoms with van der Waals surface area (Å²) < 4.78 is 77.7. The number of benzene rings is 2. The second kappa shape index (κ2) is 12.4. The Hall–Kier alpha value is -2.70. The molecule has 0 saturated carbocycles. The molecule has 2 heterocycles. The van der Waals surface area contributed by atoms with Gasteiger partial charge < -0.3 is 30.4 Å². The van der Waals surface area contributed by atoms with Crippen molar-refractivity contribution in [1.82, 2.24) is 9.62 Å². The lowest BCUT2D eigenvalue weighted by atomic mass is 10.0. The van der Waals surface area contributed by atoms with Crippen molar-refractivity contribution in [2.24, 2.45) is 11.8 Å². The standard InChI is InChI=1S/C27H37N3O7S/c1-18(2)15-30(38(33,34)21-10-8-20(28)9-11-21)16-24(31)23(14-19-6-4-3-5-7-19)29-27(32)37-25-17-36-26-22(25)12-13-35-26/h3-11,18,22-26,31H,12-17,28H2,1-2H3,(H,29,32)/t22?,23-,24-,25+,26?/m1/s1/i8D,9D,10D,11D. The maximum absolute atomic E-state index is 13.8. The minimum atomic E-state index is -4.65. The van der Waals surface area contributed by atoms with E-state index < -0.39 is 82.0 Å². The van der Waals surface area contributed by atoms with Gasteiger partial charge in [0, 0.05) is 18.8 Å². The highest BCUT2D eigenvalue weighted by molar-refractivity contribution is 7.89. The first-order chi connectivity index (χ1) is 19.8. The Morgan fingerprint density at radius 2 is 1.92 bits per heavy atom. The number of rotatable bonds is 11. The van der Waals surface area contributed by atoms with Crippen LogP contribution in [0, 0.1) is 11.8 Å². The number of nitrogens with one attached hydrogen (secondary N) is 1. The Labute approximate surface area is 229 Å². The molecule has 2 saturated heterocycles. The highest BCUT2D eigenvalue weighted by atomic mass is 32.2. The highest BCUT2D eigenvalue weighted by Crippen LogP contribution is 2.33. The summed E-state index contributed by atoms with van der Waals surface area (Å²) in [5, 5.41) is 14.1. The molecule has 11 heteroatoms. The van der Waals surface area contributed by atoms with E-state index in [4.69, 9.17) is 25.4 Å². The number of nitrogen functional groups attached to an aromatic ring is 1.